The Hall–Kier alpha value is -3.23. The molecule has 0 fully saturated rings. The van der Waals surface area contributed by atoms with Gasteiger partial charge in [-0.3, -0.25) is 9.69 Å². The highest BCUT2D eigenvalue weighted by Crippen LogP contribution is 2.43. The number of hydrogen-bond acceptors (Lipinski definition) is 4. The summed E-state index contributed by atoms with van der Waals surface area (Å²) in [5.41, 5.74) is 3.15. The number of nitrogens with zero attached hydrogens (tertiary/aromatic N) is 1. The molecule has 9 heteroatoms. The van der Waals surface area contributed by atoms with Crippen molar-refractivity contribution in [2.24, 2.45) is 0 Å². The lowest BCUT2D eigenvalue weighted by molar-refractivity contribution is -0.137. The summed E-state index contributed by atoms with van der Waals surface area (Å²) in [5, 5.41) is 2.81. The van der Waals surface area contributed by atoms with E-state index in [0.29, 0.717) is 37.3 Å². The van der Waals surface area contributed by atoms with Crippen LogP contribution in [0.25, 0.3) is 0 Å². The van der Waals surface area contributed by atoms with E-state index in [1.807, 2.05) is 42.5 Å². The summed E-state index contributed by atoms with van der Waals surface area (Å²) in [4.78, 5) is 15.4. The molecule has 38 heavy (non-hydrogen) atoms. The zero-order valence-electron chi connectivity index (χ0n) is 21.5. The highest BCUT2D eigenvalue weighted by Gasteiger charge is 2.37. The van der Waals surface area contributed by atoms with E-state index in [1.54, 1.807) is 21.3 Å². The number of ether oxygens (including phenoxy) is 2. The van der Waals surface area contributed by atoms with Gasteiger partial charge in [-0.2, -0.15) is 13.2 Å². The van der Waals surface area contributed by atoms with E-state index in [4.69, 9.17) is 9.47 Å². The van der Waals surface area contributed by atoms with Crippen molar-refractivity contribution in [1.82, 2.24) is 10.2 Å². The number of rotatable bonds is 8. The summed E-state index contributed by atoms with van der Waals surface area (Å²) in [7, 11) is 4.80. The molecule has 0 aliphatic carbocycles. The Morgan fingerprint density at radius 3 is 2.24 bits per heavy atom. The third kappa shape index (κ3) is 6.25. The molecule has 3 aromatic carbocycles. The molecule has 0 saturated heterocycles. The van der Waals surface area contributed by atoms with Crippen LogP contribution in [0.2, 0.25) is 0 Å². The molecule has 2 unspecified atom stereocenters. The fourth-order valence-electron chi connectivity index (χ4n) is 5.11. The molecule has 1 N–H and O–H groups in total. The molecule has 5 nitrogen and oxygen atoms in total. The normalized spacial score (nSPS) is 16.1. The lowest BCUT2D eigenvalue weighted by atomic mass is 9.86. The third-order valence-electron chi connectivity index (χ3n) is 6.97. The minimum absolute atomic E-state index is 0. The number of carbonyl (C=O) groups excluding carboxylic acids is 1. The molecule has 3 aromatic rings. The van der Waals surface area contributed by atoms with Crippen molar-refractivity contribution < 1.29 is 39.8 Å². The van der Waals surface area contributed by atoms with Crippen LogP contribution >= 0.6 is 0 Å². The average molecular weight is 548 g/mol. The quantitative estimate of drug-likeness (QED) is 0.471. The van der Waals surface area contributed by atoms with Gasteiger partial charge >= 0.3 is 6.18 Å². The Morgan fingerprint density at radius 1 is 1.03 bits per heavy atom. The molecule has 2 atom stereocenters. The Morgan fingerprint density at radius 2 is 1.66 bits per heavy atom. The standard InChI is InChI=1S/C29H31F3N2O3.ClH/c1-33-28(35)27(20-7-5-4-6-8-20)34-16-15-21-17-25(36-2)26(37-3)18-23(21)24(34)14-11-19-9-12-22(13-10-19)29(30,31)32;/h4-10,12-13,17-18,24,27H,11,14-16H2,1-3H3,(H,33,35);1H/p-1. The summed E-state index contributed by atoms with van der Waals surface area (Å²) < 4.78 is 50.2. The van der Waals surface area contributed by atoms with E-state index < -0.39 is 17.8 Å². The topological polar surface area (TPSA) is 50.8 Å². The predicted molar refractivity (Wildman–Crippen MR) is 136 cm³/mol. The maximum absolute atomic E-state index is 13.2. The number of benzene rings is 3. The van der Waals surface area contributed by atoms with E-state index in [2.05, 4.69) is 10.2 Å². The smallest absolute Gasteiger partial charge is 0.416 e. The predicted octanol–water partition coefficient (Wildman–Crippen LogP) is 2.75. The van der Waals surface area contributed by atoms with Gasteiger partial charge in [-0.25, -0.2) is 0 Å². The molecular weight excluding hydrogens is 517 g/mol. The maximum atomic E-state index is 13.2. The SMILES string of the molecule is CNC(=O)C(c1ccccc1)N1CCc2cc(OC)c(OC)cc2C1CCc1ccc(C(F)(F)F)cc1.[Cl-]. The first-order valence-corrected chi connectivity index (χ1v) is 12.2. The number of amides is 1. The zero-order valence-corrected chi connectivity index (χ0v) is 22.3. The summed E-state index contributed by atoms with van der Waals surface area (Å²) in [6, 6.07) is 18.2. The average Bonchev–Trinajstić information content (AvgIpc) is 2.91. The van der Waals surface area contributed by atoms with Crippen molar-refractivity contribution in [1.29, 1.82) is 0 Å². The monoisotopic (exact) mass is 547 g/mol. The number of likely N-dealkylation sites (N-methyl/N-ethyl adjacent to an activating group) is 1. The molecule has 0 aromatic heterocycles. The van der Waals surface area contributed by atoms with Crippen molar-refractivity contribution in [2.45, 2.75) is 37.5 Å². The number of nitrogens with one attached hydrogen (secondary N) is 1. The van der Waals surface area contributed by atoms with Gasteiger partial charge in [0.05, 0.1) is 19.8 Å². The number of methoxy groups -OCH3 is 2. The van der Waals surface area contributed by atoms with E-state index in [1.165, 1.54) is 12.1 Å². The molecule has 1 heterocycles. The Labute approximate surface area is 227 Å². The second-order valence-electron chi connectivity index (χ2n) is 9.07. The van der Waals surface area contributed by atoms with Gasteiger partial charge in [0, 0.05) is 19.6 Å². The van der Waals surface area contributed by atoms with Crippen molar-refractivity contribution in [3.63, 3.8) is 0 Å². The number of hydrogen-bond donors (Lipinski definition) is 1. The van der Waals surface area contributed by atoms with Crippen LogP contribution in [0.4, 0.5) is 13.2 Å². The van der Waals surface area contributed by atoms with Crippen LogP contribution in [0.3, 0.4) is 0 Å². The van der Waals surface area contributed by atoms with Crippen LogP contribution in [-0.4, -0.2) is 38.6 Å². The second kappa shape index (κ2) is 12.5. The van der Waals surface area contributed by atoms with Crippen molar-refractivity contribution in [3.8, 4) is 11.5 Å². The Balaban J connectivity index is 0.00000400. The lowest BCUT2D eigenvalue weighted by Gasteiger charge is -2.42. The summed E-state index contributed by atoms with van der Waals surface area (Å²) in [5.74, 6) is 1.12. The second-order valence-corrected chi connectivity index (χ2v) is 9.07. The molecule has 0 spiro atoms. The number of halogens is 4. The first kappa shape index (κ1) is 29.3. The molecular formula is C29H31ClF3N2O3-. The van der Waals surface area contributed by atoms with Gasteiger partial charge in [0.25, 0.3) is 0 Å². The fourth-order valence-corrected chi connectivity index (χ4v) is 5.11. The molecule has 204 valence electrons. The minimum atomic E-state index is -4.37. The van der Waals surface area contributed by atoms with Gasteiger partial charge in [-0.05, 0) is 65.8 Å². The molecule has 4 rings (SSSR count). The molecule has 0 saturated carbocycles. The van der Waals surface area contributed by atoms with Crippen LogP contribution in [0.1, 0.15) is 46.3 Å². The summed E-state index contributed by atoms with van der Waals surface area (Å²) in [6.07, 6.45) is -2.51. The van der Waals surface area contributed by atoms with Gasteiger partial charge in [0.1, 0.15) is 6.04 Å². The molecule has 1 amide bonds. The minimum Gasteiger partial charge on any atom is -1.00 e. The largest absolute Gasteiger partial charge is 1.00 e. The fraction of sp³-hybridized carbons (Fsp3) is 0.345. The summed E-state index contributed by atoms with van der Waals surface area (Å²) in [6.45, 7) is 0.632. The number of fused-ring (bicyclic) bond motifs is 1. The van der Waals surface area contributed by atoms with Gasteiger partial charge < -0.3 is 27.2 Å². The molecule has 1 aliphatic rings. The summed E-state index contributed by atoms with van der Waals surface area (Å²) >= 11 is 0. The van der Waals surface area contributed by atoms with Crippen LogP contribution < -0.4 is 27.2 Å². The van der Waals surface area contributed by atoms with Crippen molar-refractivity contribution in [2.75, 3.05) is 27.8 Å². The van der Waals surface area contributed by atoms with Crippen molar-refractivity contribution in [3.05, 3.63) is 94.5 Å². The van der Waals surface area contributed by atoms with Crippen LogP contribution in [0.5, 0.6) is 11.5 Å². The van der Waals surface area contributed by atoms with Gasteiger partial charge in [-0.15, -0.1) is 0 Å². The Kier molecular flexibility index (Phi) is 9.68. The Bertz CT molecular complexity index is 1220. The lowest BCUT2D eigenvalue weighted by Crippen LogP contribution is -3.00. The van der Waals surface area contributed by atoms with Crippen LogP contribution in [0, 0.1) is 0 Å². The molecule has 1 aliphatic heterocycles. The first-order valence-electron chi connectivity index (χ1n) is 12.2. The highest BCUT2D eigenvalue weighted by molar-refractivity contribution is 5.83. The van der Waals surface area contributed by atoms with Crippen LogP contribution in [-0.2, 0) is 23.8 Å². The van der Waals surface area contributed by atoms with E-state index >= 15 is 0 Å². The molecule has 0 bridgehead atoms. The number of alkyl halides is 3. The van der Waals surface area contributed by atoms with E-state index in [0.717, 1.165) is 34.4 Å². The van der Waals surface area contributed by atoms with Crippen molar-refractivity contribution >= 4 is 5.91 Å². The van der Waals surface area contributed by atoms with Crippen LogP contribution in [0.15, 0.2) is 66.7 Å². The van der Waals surface area contributed by atoms with Gasteiger partial charge in [0.15, 0.2) is 11.5 Å². The van der Waals surface area contributed by atoms with E-state index in [-0.39, 0.29) is 24.4 Å². The van der Waals surface area contributed by atoms with E-state index in [9.17, 15) is 18.0 Å². The number of aryl methyl sites for hydroxylation is 1. The zero-order chi connectivity index (χ0) is 26.6. The highest BCUT2D eigenvalue weighted by atomic mass is 35.5. The van der Waals surface area contributed by atoms with Gasteiger partial charge in [-0.1, -0.05) is 42.5 Å². The first-order chi connectivity index (χ1) is 17.8. The van der Waals surface area contributed by atoms with Gasteiger partial charge in [0.2, 0.25) is 5.91 Å². The third-order valence-corrected chi connectivity index (χ3v) is 6.97. The maximum Gasteiger partial charge on any atom is 0.416 e. The molecule has 0 radical (unpaired) electrons. The number of carbonyl (C=O) groups is 1.